The van der Waals surface area contributed by atoms with Crippen molar-refractivity contribution < 1.29 is 37.8 Å². The maximum Gasteiger partial charge on any atom is 0.262 e. The summed E-state index contributed by atoms with van der Waals surface area (Å²) in [5.41, 5.74) is 2.85. The molecule has 0 atom stereocenters. The maximum absolute atomic E-state index is 12.7. The fourth-order valence-corrected chi connectivity index (χ4v) is 3.41. The van der Waals surface area contributed by atoms with Gasteiger partial charge in [-0.3, -0.25) is 4.79 Å². The number of rotatable bonds is 2. The number of pyridine rings is 1. The van der Waals surface area contributed by atoms with Gasteiger partial charge in [0.05, 0.1) is 15.8 Å². The average molecular weight is 419 g/mol. The van der Waals surface area contributed by atoms with E-state index in [1.165, 1.54) is 11.3 Å². The number of aromatic hydroxyl groups is 1. The molecule has 0 bridgehead atoms. The molecule has 0 fully saturated rings. The summed E-state index contributed by atoms with van der Waals surface area (Å²) in [5, 5.41) is 12.4. The summed E-state index contributed by atoms with van der Waals surface area (Å²) < 4.78 is 2.48. The first-order valence-electron chi connectivity index (χ1n) is 7.54. The standard InChI is InChI=1S/C16H15NO2S.C2H6.CH3.Y/c1-3-17-12-8-9-20-15(12)14(18)13(16(17)19)11-7-5-4-6-10(11)2;1-2;;/h4-9,18H,3H2,1-2H3;1-2H3;1H3;/q;;-1;. The zero-order valence-corrected chi connectivity index (χ0v) is 18.6. The predicted octanol–water partition coefficient (Wildman–Crippen LogP) is 5.24. The molecule has 5 heteroatoms. The molecule has 0 spiro atoms. The van der Waals surface area contributed by atoms with Crippen LogP contribution in [0.25, 0.3) is 21.3 Å². The summed E-state index contributed by atoms with van der Waals surface area (Å²) in [5.74, 6) is 0.0963. The number of nitrogens with zero attached hydrogens (tertiary/aromatic N) is 1. The molecule has 0 saturated heterocycles. The Morgan fingerprint density at radius 2 is 1.79 bits per heavy atom. The van der Waals surface area contributed by atoms with Crippen LogP contribution in [0.4, 0.5) is 0 Å². The zero-order chi connectivity index (χ0) is 16.3. The van der Waals surface area contributed by atoms with Crippen molar-refractivity contribution in [2.45, 2.75) is 34.2 Å². The fourth-order valence-electron chi connectivity index (χ4n) is 2.56. The minimum Gasteiger partial charge on any atom is -0.506 e. The second-order valence-electron chi connectivity index (χ2n) is 4.72. The van der Waals surface area contributed by atoms with Gasteiger partial charge < -0.3 is 17.1 Å². The van der Waals surface area contributed by atoms with E-state index >= 15 is 0 Å². The quantitative estimate of drug-likeness (QED) is 0.578. The Kier molecular flexibility index (Phi) is 9.71. The summed E-state index contributed by atoms with van der Waals surface area (Å²) in [6.07, 6.45) is 0. The molecular formula is C19H24NO2SY-. The summed E-state index contributed by atoms with van der Waals surface area (Å²) >= 11 is 1.46. The molecule has 3 nitrogen and oxygen atoms in total. The molecule has 3 rings (SSSR count). The van der Waals surface area contributed by atoms with E-state index in [2.05, 4.69) is 0 Å². The average Bonchev–Trinajstić information content (AvgIpc) is 3.01. The maximum atomic E-state index is 12.7. The van der Waals surface area contributed by atoms with E-state index < -0.39 is 0 Å². The van der Waals surface area contributed by atoms with Gasteiger partial charge in [0.1, 0.15) is 5.75 Å². The van der Waals surface area contributed by atoms with Crippen LogP contribution in [0.15, 0.2) is 40.5 Å². The molecule has 1 N–H and O–H groups in total. The van der Waals surface area contributed by atoms with Crippen molar-refractivity contribution in [1.82, 2.24) is 4.57 Å². The van der Waals surface area contributed by atoms with Crippen molar-refractivity contribution in [1.29, 1.82) is 0 Å². The van der Waals surface area contributed by atoms with Gasteiger partial charge in [-0.2, -0.15) is 0 Å². The molecule has 0 amide bonds. The molecule has 2 aromatic heterocycles. The Morgan fingerprint density at radius 3 is 2.38 bits per heavy atom. The number of aryl methyl sites for hydroxylation is 2. The predicted molar refractivity (Wildman–Crippen MR) is 101 cm³/mol. The summed E-state index contributed by atoms with van der Waals surface area (Å²) in [4.78, 5) is 12.7. The molecule has 1 aromatic carbocycles. The summed E-state index contributed by atoms with van der Waals surface area (Å²) in [6, 6.07) is 9.52. The Hall–Kier alpha value is -0.966. The van der Waals surface area contributed by atoms with Gasteiger partial charge in [-0.1, -0.05) is 38.1 Å². The van der Waals surface area contributed by atoms with Crippen molar-refractivity contribution in [2.24, 2.45) is 0 Å². The number of hydrogen-bond donors (Lipinski definition) is 1. The number of thiophene rings is 1. The molecular weight excluding hydrogens is 395 g/mol. The molecule has 0 aliphatic rings. The van der Waals surface area contributed by atoms with Crippen LogP contribution in [0.5, 0.6) is 5.75 Å². The van der Waals surface area contributed by atoms with Crippen LogP contribution < -0.4 is 5.56 Å². The number of fused-ring (bicyclic) bond motifs is 1. The molecule has 1 radical (unpaired) electrons. The molecule has 0 aliphatic carbocycles. The second-order valence-corrected chi connectivity index (χ2v) is 5.64. The molecule has 0 unspecified atom stereocenters. The normalized spacial score (nSPS) is 9.50. The van der Waals surface area contributed by atoms with E-state index in [9.17, 15) is 9.90 Å². The first-order valence-corrected chi connectivity index (χ1v) is 8.42. The Labute approximate surface area is 173 Å². The molecule has 0 saturated carbocycles. The fraction of sp³-hybridized carbons (Fsp3) is 0.263. The Morgan fingerprint density at radius 1 is 1.17 bits per heavy atom. The molecule has 2 heterocycles. The topological polar surface area (TPSA) is 42.2 Å². The largest absolute Gasteiger partial charge is 0.506 e. The van der Waals surface area contributed by atoms with Crippen molar-refractivity contribution in [2.75, 3.05) is 0 Å². The smallest absolute Gasteiger partial charge is 0.262 e. The first kappa shape index (κ1) is 23.0. The van der Waals surface area contributed by atoms with E-state index in [0.29, 0.717) is 12.1 Å². The zero-order valence-electron chi connectivity index (χ0n) is 15.0. The third-order valence-corrected chi connectivity index (χ3v) is 4.49. The van der Waals surface area contributed by atoms with E-state index in [1.807, 2.05) is 63.4 Å². The second kappa shape index (κ2) is 10.1. The van der Waals surface area contributed by atoms with Crippen molar-refractivity contribution in [3.05, 3.63) is 59.1 Å². The molecule has 24 heavy (non-hydrogen) atoms. The van der Waals surface area contributed by atoms with Gasteiger partial charge in [0.25, 0.3) is 5.56 Å². The van der Waals surface area contributed by atoms with Crippen LogP contribution in [0.3, 0.4) is 0 Å². The Balaban J connectivity index is 0.00000128. The van der Waals surface area contributed by atoms with Crippen molar-refractivity contribution in [3.63, 3.8) is 0 Å². The number of benzene rings is 1. The Bertz CT molecular complexity index is 852. The van der Waals surface area contributed by atoms with E-state index in [0.717, 1.165) is 21.3 Å². The SMILES string of the molecule is CC.CCn1c(=O)c(-c2ccccc2C)c(O)c2sccc21.[CH3-].[Y]. The van der Waals surface area contributed by atoms with Crippen LogP contribution in [-0.4, -0.2) is 9.67 Å². The molecule has 0 aliphatic heterocycles. The first-order chi connectivity index (χ1) is 10.6. The van der Waals surface area contributed by atoms with Gasteiger partial charge in [0.15, 0.2) is 0 Å². The molecule has 3 aromatic rings. The van der Waals surface area contributed by atoms with Crippen LogP contribution in [0.1, 0.15) is 26.3 Å². The van der Waals surface area contributed by atoms with Crippen LogP contribution in [0.2, 0.25) is 0 Å². The minimum absolute atomic E-state index is 0. The van der Waals surface area contributed by atoms with Gasteiger partial charge in [-0.05, 0) is 36.4 Å². The van der Waals surface area contributed by atoms with Gasteiger partial charge in [-0.15, -0.1) is 11.3 Å². The van der Waals surface area contributed by atoms with Crippen LogP contribution >= 0.6 is 11.3 Å². The van der Waals surface area contributed by atoms with Crippen molar-refractivity contribution >= 4 is 21.6 Å². The minimum atomic E-state index is -0.134. The van der Waals surface area contributed by atoms with Crippen LogP contribution in [0, 0.1) is 14.4 Å². The van der Waals surface area contributed by atoms with E-state index in [1.54, 1.807) is 4.57 Å². The van der Waals surface area contributed by atoms with E-state index in [4.69, 9.17) is 0 Å². The third-order valence-electron chi connectivity index (χ3n) is 3.58. The van der Waals surface area contributed by atoms with Crippen LogP contribution in [-0.2, 0) is 39.3 Å². The number of hydrogen-bond acceptors (Lipinski definition) is 3. The van der Waals surface area contributed by atoms with Gasteiger partial charge >= 0.3 is 0 Å². The monoisotopic (exact) mass is 419 g/mol. The third kappa shape index (κ3) is 3.98. The van der Waals surface area contributed by atoms with Crippen molar-refractivity contribution in [3.8, 4) is 16.9 Å². The number of aromatic nitrogens is 1. The van der Waals surface area contributed by atoms with Gasteiger partial charge in [0.2, 0.25) is 0 Å². The summed E-state index contributed by atoms with van der Waals surface area (Å²) in [7, 11) is 0. The molecule has 127 valence electrons. The van der Waals surface area contributed by atoms with Gasteiger partial charge in [-0.25, -0.2) is 0 Å². The van der Waals surface area contributed by atoms with Gasteiger partial charge in [0, 0.05) is 39.3 Å². The van der Waals surface area contributed by atoms with E-state index in [-0.39, 0.29) is 51.4 Å². The summed E-state index contributed by atoms with van der Waals surface area (Å²) in [6.45, 7) is 8.48.